The largest absolute Gasteiger partial charge is 0.477 e. The number of hydrogen-bond acceptors (Lipinski definition) is 3. The molecule has 1 aliphatic rings. The molecule has 8 heteroatoms. The molecule has 21 heavy (non-hydrogen) atoms. The Kier molecular flexibility index (Phi) is 4.55. The number of hydrogen-bond donors (Lipinski definition) is 2. The third kappa shape index (κ3) is 3.75. The molecule has 0 spiro atoms. The number of aromatic carboxylic acids is 1. The van der Waals surface area contributed by atoms with Gasteiger partial charge in [-0.05, 0) is 30.7 Å². The summed E-state index contributed by atoms with van der Waals surface area (Å²) in [5.74, 6) is -3.89. The molecule has 2 atom stereocenters. The minimum Gasteiger partial charge on any atom is -0.477 e. The molecule has 2 unspecified atom stereocenters. The Morgan fingerprint density at radius 2 is 2.05 bits per heavy atom. The summed E-state index contributed by atoms with van der Waals surface area (Å²) in [6.45, 7) is 0. The van der Waals surface area contributed by atoms with E-state index in [0.29, 0.717) is 12.8 Å². The molecule has 0 radical (unpaired) electrons. The summed E-state index contributed by atoms with van der Waals surface area (Å²) in [6.07, 6.45) is -3.73. The number of carboxylic acid groups (broad SMARTS) is 1. The molecule has 1 saturated carbocycles. The molecular formula is C13H14F3NO3S. The Morgan fingerprint density at radius 1 is 1.33 bits per heavy atom. The Bertz CT molecular complexity index is 541. The maximum Gasteiger partial charge on any atom is 0.391 e. The van der Waals surface area contributed by atoms with Gasteiger partial charge in [-0.2, -0.15) is 13.2 Å². The SMILES string of the molecule is O=C(O)c1sccc1NC(=O)C1CCCC(C(F)(F)F)C1. The smallest absolute Gasteiger partial charge is 0.391 e. The first-order chi connectivity index (χ1) is 9.79. The normalized spacial score (nSPS) is 22.8. The highest BCUT2D eigenvalue weighted by atomic mass is 32.1. The van der Waals surface area contributed by atoms with E-state index in [1.54, 1.807) is 0 Å². The lowest BCUT2D eigenvalue weighted by Crippen LogP contribution is -2.34. The van der Waals surface area contributed by atoms with Gasteiger partial charge in [0.05, 0.1) is 11.6 Å². The summed E-state index contributed by atoms with van der Waals surface area (Å²) < 4.78 is 38.2. The molecule has 1 aromatic heterocycles. The molecule has 1 aliphatic carbocycles. The van der Waals surface area contributed by atoms with E-state index in [1.165, 1.54) is 11.4 Å². The number of amides is 1. The fourth-order valence-electron chi connectivity index (χ4n) is 2.53. The van der Waals surface area contributed by atoms with Crippen LogP contribution in [0.25, 0.3) is 0 Å². The van der Waals surface area contributed by atoms with Crippen LogP contribution < -0.4 is 5.32 Å². The first kappa shape index (κ1) is 15.8. The highest BCUT2D eigenvalue weighted by Crippen LogP contribution is 2.40. The third-order valence-corrected chi connectivity index (χ3v) is 4.53. The topological polar surface area (TPSA) is 66.4 Å². The lowest BCUT2D eigenvalue weighted by Gasteiger charge is -2.29. The number of halogens is 3. The maximum atomic E-state index is 12.7. The Labute approximate surface area is 123 Å². The van der Waals surface area contributed by atoms with Crippen LogP contribution in [0.2, 0.25) is 0 Å². The average molecular weight is 321 g/mol. The van der Waals surface area contributed by atoms with Crippen molar-refractivity contribution in [2.75, 3.05) is 5.32 Å². The molecule has 1 aromatic rings. The molecule has 1 amide bonds. The van der Waals surface area contributed by atoms with Crippen molar-refractivity contribution in [3.63, 3.8) is 0 Å². The van der Waals surface area contributed by atoms with E-state index in [9.17, 15) is 22.8 Å². The van der Waals surface area contributed by atoms with E-state index in [1.807, 2.05) is 0 Å². The van der Waals surface area contributed by atoms with Crippen molar-refractivity contribution in [2.24, 2.45) is 11.8 Å². The number of alkyl halides is 3. The number of nitrogens with one attached hydrogen (secondary N) is 1. The zero-order valence-corrected chi connectivity index (χ0v) is 11.8. The van der Waals surface area contributed by atoms with Gasteiger partial charge in [-0.25, -0.2) is 4.79 Å². The van der Waals surface area contributed by atoms with Crippen molar-refractivity contribution >= 4 is 28.9 Å². The maximum absolute atomic E-state index is 12.7. The van der Waals surface area contributed by atoms with E-state index < -0.39 is 29.9 Å². The van der Waals surface area contributed by atoms with Crippen molar-refractivity contribution in [1.82, 2.24) is 0 Å². The number of thiophene rings is 1. The molecule has 0 aliphatic heterocycles. The second kappa shape index (κ2) is 6.05. The van der Waals surface area contributed by atoms with E-state index in [4.69, 9.17) is 5.11 Å². The fraction of sp³-hybridized carbons (Fsp3) is 0.538. The second-order valence-corrected chi connectivity index (χ2v) is 5.98. The number of carbonyl (C=O) groups is 2. The molecule has 0 saturated heterocycles. The second-order valence-electron chi connectivity index (χ2n) is 5.06. The van der Waals surface area contributed by atoms with Gasteiger partial charge in [-0.15, -0.1) is 11.3 Å². The van der Waals surface area contributed by atoms with Crippen molar-refractivity contribution in [3.8, 4) is 0 Å². The zero-order valence-electron chi connectivity index (χ0n) is 10.9. The van der Waals surface area contributed by atoms with Crippen LogP contribution in [-0.2, 0) is 4.79 Å². The van der Waals surface area contributed by atoms with Gasteiger partial charge >= 0.3 is 12.1 Å². The average Bonchev–Trinajstić information content (AvgIpc) is 2.86. The first-order valence-corrected chi connectivity index (χ1v) is 7.35. The van der Waals surface area contributed by atoms with Crippen LogP contribution in [0.5, 0.6) is 0 Å². The highest BCUT2D eigenvalue weighted by Gasteiger charge is 2.43. The van der Waals surface area contributed by atoms with Crippen LogP contribution in [0.3, 0.4) is 0 Å². The Morgan fingerprint density at radius 3 is 2.67 bits per heavy atom. The molecule has 2 N–H and O–H groups in total. The van der Waals surface area contributed by atoms with Crippen molar-refractivity contribution in [2.45, 2.75) is 31.9 Å². The Hall–Kier alpha value is -1.57. The predicted octanol–water partition coefficient (Wildman–Crippen LogP) is 3.75. The summed E-state index contributed by atoms with van der Waals surface area (Å²) in [5, 5.41) is 12.9. The van der Waals surface area contributed by atoms with E-state index in [-0.39, 0.29) is 23.4 Å². The zero-order chi connectivity index (χ0) is 15.6. The number of carbonyl (C=O) groups excluding carboxylic acids is 1. The van der Waals surface area contributed by atoms with Gasteiger partial charge in [0.1, 0.15) is 4.88 Å². The van der Waals surface area contributed by atoms with Gasteiger partial charge in [-0.1, -0.05) is 6.42 Å². The van der Waals surface area contributed by atoms with Gasteiger partial charge in [0.15, 0.2) is 0 Å². The standard InChI is InChI=1S/C13H14F3NO3S/c14-13(15,16)8-3-1-2-7(6-8)11(18)17-9-4-5-21-10(9)12(19)20/h4-5,7-8H,1-3,6H2,(H,17,18)(H,19,20). The van der Waals surface area contributed by atoms with Crippen molar-refractivity contribution < 1.29 is 27.9 Å². The summed E-state index contributed by atoms with van der Waals surface area (Å²) in [5.41, 5.74) is 0.145. The minimum absolute atomic E-state index is 0.0217. The third-order valence-electron chi connectivity index (χ3n) is 3.63. The fourth-order valence-corrected chi connectivity index (χ4v) is 3.22. The molecule has 0 bridgehead atoms. The van der Waals surface area contributed by atoms with Gasteiger partial charge in [0.2, 0.25) is 5.91 Å². The van der Waals surface area contributed by atoms with Gasteiger partial charge in [-0.3, -0.25) is 4.79 Å². The summed E-state index contributed by atoms with van der Waals surface area (Å²) in [6, 6.07) is 1.44. The lowest BCUT2D eigenvalue weighted by molar-refractivity contribution is -0.185. The van der Waals surface area contributed by atoms with Gasteiger partial charge in [0, 0.05) is 5.92 Å². The van der Waals surface area contributed by atoms with Crippen LogP contribution in [0.15, 0.2) is 11.4 Å². The van der Waals surface area contributed by atoms with Crippen molar-refractivity contribution in [1.29, 1.82) is 0 Å². The molecule has 0 aromatic carbocycles. The predicted molar refractivity (Wildman–Crippen MR) is 71.4 cm³/mol. The number of rotatable bonds is 3. The first-order valence-electron chi connectivity index (χ1n) is 6.47. The van der Waals surface area contributed by atoms with E-state index in [0.717, 1.165) is 11.3 Å². The summed E-state index contributed by atoms with van der Waals surface area (Å²) >= 11 is 0.957. The van der Waals surface area contributed by atoms with Crippen LogP contribution >= 0.6 is 11.3 Å². The summed E-state index contributed by atoms with van der Waals surface area (Å²) in [4.78, 5) is 23.0. The quantitative estimate of drug-likeness (QED) is 0.891. The number of anilines is 1. The Balaban J connectivity index is 2.03. The van der Waals surface area contributed by atoms with Crippen LogP contribution in [0, 0.1) is 11.8 Å². The number of carboxylic acids is 1. The van der Waals surface area contributed by atoms with Crippen molar-refractivity contribution in [3.05, 3.63) is 16.3 Å². The van der Waals surface area contributed by atoms with Crippen LogP contribution in [-0.4, -0.2) is 23.2 Å². The van der Waals surface area contributed by atoms with Gasteiger partial charge < -0.3 is 10.4 Å². The summed E-state index contributed by atoms with van der Waals surface area (Å²) in [7, 11) is 0. The molecule has 1 fully saturated rings. The van der Waals surface area contributed by atoms with Crippen LogP contribution in [0.4, 0.5) is 18.9 Å². The lowest BCUT2D eigenvalue weighted by atomic mass is 9.80. The van der Waals surface area contributed by atoms with Crippen LogP contribution in [0.1, 0.15) is 35.4 Å². The van der Waals surface area contributed by atoms with E-state index in [2.05, 4.69) is 5.32 Å². The highest BCUT2D eigenvalue weighted by molar-refractivity contribution is 7.12. The minimum atomic E-state index is -4.28. The molecule has 2 rings (SSSR count). The van der Waals surface area contributed by atoms with E-state index >= 15 is 0 Å². The molecule has 1 heterocycles. The molecule has 4 nitrogen and oxygen atoms in total. The monoisotopic (exact) mass is 321 g/mol. The molecular weight excluding hydrogens is 307 g/mol. The van der Waals surface area contributed by atoms with Gasteiger partial charge in [0.25, 0.3) is 0 Å². The molecule has 116 valence electrons.